The van der Waals surface area contributed by atoms with Gasteiger partial charge in [0.2, 0.25) is 11.4 Å². The van der Waals surface area contributed by atoms with E-state index in [-0.39, 0.29) is 22.9 Å². The van der Waals surface area contributed by atoms with Gasteiger partial charge in [0.15, 0.2) is 5.65 Å². The van der Waals surface area contributed by atoms with Crippen molar-refractivity contribution in [2.45, 2.75) is 12.5 Å². The van der Waals surface area contributed by atoms with Crippen molar-refractivity contribution in [2.24, 2.45) is 11.8 Å². The number of likely N-dealkylation sites (tertiary alicyclic amines) is 2. The number of amides is 1. The molecule has 0 spiro atoms. The van der Waals surface area contributed by atoms with Crippen molar-refractivity contribution in [1.82, 2.24) is 29.5 Å². The largest absolute Gasteiger partial charge is 0.348 e. The molecule has 7 rings (SSSR count). The second-order valence-electron chi connectivity index (χ2n) is 10.7. The second kappa shape index (κ2) is 8.22. The second-order valence-corrected chi connectivity index (χ2v) is 11.7. The number of hydrogen-bond donors (Lipinski definition) is 1. The highest BCUT2D eigenvalue weighted by Gasteiger charge is 2.39. The molecule has 0 saturated carbocycles. The van der Waals surface area contributed by atoms with Crippen LogP contribution >= 0.6 is 11.3 Å². The summed E-state index contributed by atoms with van der Waals surface area (Å²) in [5, 5.41) is 3.49. The van der Waals surface area contributed by atoms with Gasteiger partial charge in [-0.3, -0.25) is 14.0 Å². The summed E-state index contributed by atoms with van der Waals surface area (Å²) in [5.74, 6) is 1.60. The Morgan fingerprint density at radius 1 is 1.06 bits per heavy atom. The molecule has 1 aromatic carbocycles. The molecule has 0 bridgehead atoms. The van der Waals surface area contributed by atoms with E-state index in [4.69, 9.17) is 4.98 Å². The summed E-state index contributed by atoms with van der Waals surface area (Å²) in [6.45, 7) is 5.78. The quantitative estimate of drug-likeness (QED) is 0.457. The zero-order valence-electron chi connectivity index (χ0n) is 20.5. The Bertz CT molecular complexity index is 1570. The van der Waals surface area contributed by atoms with Crippen LogP contribution in [0.1, 0.15) is 16.8 Å². The molecule has 10 heteroatoms. The molecule has 1 amide bonds. The molecule has 3 fully saturated rings. The van der Waals surface area contributed by atoms with E-state index in [0.29, 0.717) is 33.6 Å². The van der Waals surface area contributed by atoms with Gasteiger partial charge in [0.05, 0.1) is 15.6 Å². The Labute approximate surface area is 212 Å². The number of carbonyl (C=O) groups is 1. The van der Waals surface area contributed by atoms with Gasteiger partial charge in [-0.2, -0.15) is 4.98 Å². The Balaban J connectivity index is 1.37. The van der Waals surface area contributed by atoms with Crippen LogP contribution in [0.25, 0.3) is 26.1 Å². The highest BCUT2D eigenvalue weighted by molar-refractivity contribution is 7.24. The van der Waals surface area contributed by atoms with E-state index in [2.05, 4.69) is 32.0 Å². The maximum Gasteiger partial charge on any atom is 0.258 e. The smallest absolute Gasteiger partial charge is 0.258 e. The highest BCUT2D eigenvalue weighted by Crippen LogP contribution is 2.34. The first-order chi connectivity index (χ1) is 17.5. The first-order valence-corrected chi connectivity index (χ1v) is 13.4. The van der Waals surface area contributed by atoms with Crippen LogP contribution in [0, 0.1) is 11.8 Å². The fourth-order valence-corrected chi connectivity index (χ4v) is 7.52. The number of anilines is 1. The minimum atomic E-state index is -0.313. The van der Waals surface area contributed by atoms with E-state index in [1.165, 1.54) is 11.3 Å². The molecular formula is C26H29N7O2S. The Morgan fingerprint density at radius 3 is 2.58 bits per heavy atom. The van der Waals surface area contributed by atoms with Gasteiger partial charge < -0.3 is 20.0 Å². The third kappa shape index (κ3) is 3.42. The number of benzene rings is 1. The van der Waals surface area contributed by atoms with Gasteiger partial charge in [-0.05, 0) is 51.0 Å². The molecule has 3 saturated heterocycles. The molecule has 0 aliphatic carbocycles. The molecule has 3 aromatic heterocycles. The number of nitrogens with zero attached hydrogens (tertiary/aromatic N) is 6. The number of hydrogen-bond acceptors (Lipinski definition) is 8. The van der Waals surface area contributed by atoms with Gasteiger partial charge in [-0.1, -0.05) is 12.1 Å². The topological polar surface area (TPSA) is 86.1 Å². The Hall–Kier alpha value is -3.08. The molecule has 36 heavy (non-hydrogen) atoms. The van der Waals surface area contributed by atoms with Crippen LogP contribution in [0.15, 0.2) is 35.3 Å². The van der Waals surface area contributed by atoms with Gasteiger partial charge in [-0.25, -0.2) is 4.98 Å². The van der Waals surface area contributed by atoms with Crippen LogP contribution in [0.2, 0.25) is 0 Å². The SMILES string of the molecule is CN1CCC(NC(=O)c2c(=O)c3cnc(N4CC5CN(C)CC5C4)nc3n3c2sc2ccccc23)C1. The van der Waals surface area contributed by atoms with Gasteiger partial charge in [-0.15, -0.1) is 11.3 Å². The summed E-state index contributed by atoms with van der Waals surface area (Å²) in [6.07, 6.45) is 2.51. The summed E-state index contributed by atoms with van der Waals surface area (Å²) in [5.41, 5.74) is 1.41. The number of pyridine rings is 1. The van der Waals surface area contributed by atoms with Crippen molar-refractivity contribution in [1.29, 1.82) is 0 Å². The molecule has 6 heterocycles. The molecule has 186 valence electrons. The lowest BCUT2D eigenvalue weighted by atomic mass is 10.0. The predicted molar refractivity (Wildman–Crippen MR) is 142 cm³/mol. The third-order valence-corrected chi connectivity index (χ3v) is 9.22. The lowest BCUT2D eigenvalue weighted by Gasteiger charge is -2.19. The number of carbonyl (C=O) groups excluding carboxylic acids is 1. The van der Waals surface area contributed by atoms with E-state index in [9.17, 15) is 9.59 Å². The zero-order chi connectivity index (χ0) is 24.6. The lowest BCUT2D eigenvalue weighted by Crippen LogP contribution is -2.39. The number of fused-ring (bicyclic) bond motifs is 6. The van der Waals surface area contributed by atoms with E-state index in [0.717, 1.165) is 55.9 Å². The van der Waals surface area contributed by atoms with Crippen LogP contribution in [0.4, 0.5) is 5.95 Å². The van der Waals surface area contributed by atoms with Gasteiger partial charge in [0, 0.05) is 45.0 Å². The molecule has 3 unspecified atom stereocenters. The van der Waals surface area contributed by atoms with E-state index >= 15 is 0 Å². The standard InChI is InChI=1S/C26H29N7O2S/c1-30-8-7-17(14-30)28-24(35)21-22(34)18-9-27-26(32-12-15-10-31(2)11-16(15)13-32)29-23(18)33-19-5-3-4-6-20(19)36-25(21)33/h3-6,9,15-17H,7-8,10-14H2,1-2H3,(H,28,35). The maximum absolute atomic E-state index is 13.8. The molecule has 3 aliphatic heterocycles. The van der Waals surface area contributed by atoms with Crippen molar-refractivity contribution < 1.29 is 4.79 Å². The molecule has 0 radical (unpaired) electrons. The van der Waals surface area contributed by atoms with Crippen molar-refractivity contribution in [3.8, 4) is 0 Å². The average Bonchev–Trinajstić information content (AvgIpc) is 3.61. The van der Waals surface area contributed by atoms with Crippen molar-refractivity contribution in [2.75, 3.05) is 58.3 Å². The van der Waals surface area contributed by atoms with Gasteiger partial charge in [0.25, 0.3) is 5.91 Å². The number of nitrogens with one attached hydrogen (secondary N) is 1. The molecule has 3 atom stereocenters. The monoisotopic (exact) mass is 503 g/mol. The van der Waals surface area contributed by atoms with Crippen LogP contribution < -0.4 is 15.6 Å². The van der Waals surface area contributed by atoms with Crippen LogP contribution in [-0.2, 0) is 0 Å². The summed E-state index contributed by atoms with van der Waals surface area (Å²) in [7, 11) is 4.22. The normalized spacial score (nSPS) is 24.9. The number of aromatic nitrogens is 3. The number of likely N-dealkylation sites (N-methyl/N-ethyl adjacent to an activating group) is 1. The van der Waals surface area contributed by atoms with Gasteiger partial charge >= 0.3 is 0 Å². The summed E-state index contributed by atoms with van der Waals surface area (Å²) in [4.78, 5) is 44.3. The summed E-state index contributed by atoms with van der Waals surface area (Å²) in [6, 6.07) is 8.05. The first kappa shape index (κ1) is 22.1. The average molecular weight is 504 g/mol. The predicted octanol–water partition coefficient (Wildman–Crippen LogP) is 1.89. The lowest BCUT2D eigenvalue weighted by molar-refractivity contribution is 0.0939. The highest BCUT2D eigenvalue weighted by atomic mass is 32.1. The Kier molecular flexibility index (Phi) is 5.06. The molecule has 1 N–H and O–H groups in total. The molecule has 9 nitrogen and oxygen atoms in total. The molecule has 3 aliphatic rings. The van der Waals surface area contributed by atoms with Crippen LogP contribution in [0.5, 0.6) is 0 Å². The minimum Gasteiger partial charge on any atom is -0.348 e. The molecule has 4 aromatic rings. The number of thiazole rings is 1. The van der Waals surface area contributed by atoms with E-state index < -0.39 is 0 Å². The third-order valence-electron chi connectivity index (χ3n) is 8.07. The van der Waals surface area contributed by atoms with Crippen molar-refractivity contribution in [3.05, 3.63) is 46.2 Å². The first-order valence-electron chi connectivity index (χ1n) is 12.6. The summed E-state index contributed by atoms with van der Waals surface area (Å²) < 4.78 is 3.00. The maximum atomic E-state index is 13.8. The van der Waals surface area contributed by atoms with E-state index in [1.807, 2.05) is 35.7 Å². The van der Waals surface area contributed by atoms with E-state index in [1.54, 1.807) is 6.20 Å². The minimum absolute atomic E-state index is 0.0410. The van der Waals surface area contributed by atoms with Crippen molar-refractivity contribution in [3.63, 3.8) is 0 Å². The number of para-hydroxylation sites is 1. The van der Waals surface area contributed by atoms with Crippen LogP contribution in [-0.4, -0.2) is 89.5 Å². The van der Waals surface area contributed by atoms with Crippen LogP contribution in [0.3, 0.4) is 0 Å². The molecular weight excluding hydrogens is 474 g/mol. The number of rotatable bonds is 3. The fourth-order valence-electron chi connectivity index (χ4n) is 6.34. The zero-order valence-corrected chi connectivity index (χ0v) is 21.3. The Morgan fingerprint density at radius 2 is 1.83 bits per heavy atom. The van der Waals surface area contributed by atoms with Gasteiger partial charge in [0.1, 0.15) is 10.4 Å². The van der Waals surface area contributed by atoms with Crippen molar-refractivity contribution >= 4 is 49.3 Å². The summed E-state index contributed by atoms with van der Waals surface area (Å²) >= 11 is 1.47. The fraction of sp³-hybridized carbons (Fsp3) is 0.462.